The van der Waals surface area contributed by atoms with E-state index in [1.54, 1.807) is 23.5 Å². The highest BCUT2D eigenvalue weighted by Crippen LogP contribution is 2.31. The van der Waals surface area contributed by atoms with E-state index in [0.717, 1.165) is 41.3 Å². The maximum absolute atomic E-state index is 12.1. The van der Waals surface area contributed by atoms with Crippen molar-refractivity contribution >= 4 is 101 Å². The van der Waals surface area contributed by atoms with Crippen LogP contribution in [0.3, 0.4) is 0 Å². The molecule has 11 nitrogen and oxygen atoms in total. The molecule has 272 valence electrons. The highest BCUT2D eigenvalue weighted by molar-refractivity contribution is 7.20. The number of thiophene rings is 2. The van der Waals surface area contributed by atoms with Crippen LogP contribution < -0.4 is 20.9 Å². The molecule has 0 fully saturated rings. The van der Waals surface area contributed by atoms with Crippen molar-refractivity contribution in [2.24, 2.45) is 5.73 Å². The Labute approximate surface area is 316 Å². The summed E-state index contributed by atoms with van der Waals surface area (Å²) in [4.78, 5) is 28.6. The summed E-state index contributed by atoms with van der Waals surface area (Å²) in [6.45, 7) is 2.96. The third-order valence-corrected chi connectivity index (χ3v) is 9.00. The number of carboxylic acid groups (broad SMARTS) is 1. The van der Waals surface area contributed by atoms with E-state index in [4.69, 9.17) is 48.8 Å². The van der Waals surface area contributed by atoms with E-state index in [1.807, 2.05) is 86.5 Å². The van der Waals surface area contributed by atoms with Crippen LogP contribution in [0.1, 0.15) is 9.75 Å². The number of aliphatic carboxylic acids is 1. The molecule has 2 aromatic carbocycles. The second-order valence-electron chi connectivity index (χ2n) is 10.8. The molecule has 2 heterocycles. The van der Waals surface area contributed by atoms with Gasteiger partial charge in [-0.15, -0.1) is 45.9 Å². The van der Waals surface area contributed by atoms with Gasteiger partial charge in [-0.25, -0.2) is 4.79 Å². The van der Waals surface area contributed by atoms with Crippen LogP contribution in [0.5, 0.6) is 0 Å². The zero-order chi connectivity index (χ0) is 37.8. The summed E-state index contributed by atoms with van der Waals surface area (Å²) < 4.78 is 12.2. The first-order valence-corrected chi connectivity index (χ1v) is 18.3. The molecule has 0 radical (unpaired) electrons. The third-order valence-electron chi connectivity index (χ3n) is 6.60. The molecule has 15 heteroatoms. The summed E-state index contributed by atoms with van der Waals surface area (Å²) in [6, 6.07) is 19.7. The van der Waals surface area contributed by atoms with E-state index in [-0.39, 0.29) is 11.1 Å². The van der Waals surface area contributed by atoms with Gasteiger partial charge < -0.3 is 35.4 Å². The molecule has 4 aromatic rings. The Kier molecular flexibility index (Phi) is 19.7. The van der Waals surface area contributed by atoms with E-state index < -0.39 is 11.9 Å². The van der Waals surface area contributed by atoms with Crippen molar-refractivity contribution in [2.75, 3.05) is 89.3 Å². The standard InChI is InChI=1S/C18H20ClN3O2S.C14H12N2O2S.C4H10ClNO/c1-22(2)15-4-3-13-9-16(25-17(13)11-15)10-14(12-20)18(23)21-6-8-24-7-5-19;1-16(2)11-4-3-9-5-12(19-13(9)7-11)6-10(8-15)14(17)18;5-1-3-7-4-2-6/h3-4,9-11H,5-8H2,1-2H3,(H,21,23);3-7H,1-2H3,(H,17,18);1-4,6H2/b14-10+;10-6+;. The summed E-state index contributed by atoms with van der Waals surface area (Å²) in [6.07, 6.45) is 3.03. The Morgan fingerprint density at radius 2 is 1.27 bits per heavy atom. The Morgan fingerprint density at radius 1 is 0.804 bits per heavy atom. The monoisotopic (exact) mass is 772 g/mol. The Hall–Kier alpha value is -4.18. The van der Waals surface area contributed by atoms with Crippen molar-refractivity contribution < 1.29 is 24.2 Å². The second kappa shape index (κ2) is 23.3. The van der Waals surface area contributed by atoms with Crippen LogP contribution in [0, 0.1) is 22.7 Å². The van der Waals surface area contributed by atoms with E-state index in [9.17, 15) is 14.9 Å². The van der Waals surface area contributed by atoms with E-state index >= 15 is 0 Å². The fraction of sp³-hybridized carbons (Fsp3) is 0.333. The van der Waals surface area contributed by atoms with Gasteiger partial charge in [0.2, 0.25) is 0 Å². The number of carbonyl (C=O) groups is 2. The molecule has 0 atom stereocenters. The van der Waals surface area contributed by atoms with E-state index in [1.165, 1.54) is 17.4 Å². The number of nitrogens with one attached hydrogen (secondary N) is 1. The van der Waals surface area contributed by atoms with Crippen LogP contribution in [0.2, 0.25) is 0 Å². The van der Waals surface area contributed by atoms with Crippen molar-refractivity contribution in [1.82, 2.24) is 5.32 Å². The molecule has 0 saturated heterocycles. The highest BCUT2D eigenvalue weighted by atomic mass is 35.5. The van der Waals surface area contributed by atoms with Gasteiger partial charge in [0.05, 0.1) is 26.4 Å². The molecule has 4 N–H and O–H groups in total. The lowest BCUT2D eigenvalue weighted by molar-refractivity contribution is -0.132. The summed E-state index contributed by atoms with van der Waals surface area (Å²) in [7, 11) is 7.91. The van der Waals surface area contributed by atoms with Crippen LogP contribution in [0.15, 0.2) is 59.7 Å². The number of nitriles is 2. The summed E-state index contributed by atoms with van der Waals surface area (Å²) >= 11 is 13.8. The molecule has 0 bridgehead atoms. The second-order valence-corrected chi connectivity index (χ2v) is 13.8. The summed E-state index contributed by atoms with van der Waals surface area (Å²) in [5.74, 6) is -0.629. The van der Waals surface area contributed by atoms with Crippen molar-refractivity contribution in [1.29, 1.82) is 10.5 Å². The number of hydrogen-bond acceptors (Lipinski definition) is 11. The van der Waals surface area contributed by atoms with Crippen molar-refractivity contribution in [3.8, 4) is 12.1 Å². The zero-order valence-electron chi connectivity index (χ0n) is 28.9. The van der Waals surface area contributed by atoms with Gasteiger partial charge in [0.15, 0.2) is 0 Å². The molecular formula is C36H42Cl2N6O5S2. The molecule has 4 rings (SSSR count). The number of carbonyl (C=O) groups excluding carboxylic acids is 1. The Morgan fingerprint density at radius 3 is 1.69 bits per heavy atom. The number of carboxylic acids is 1. The summed E-state index contributed by atoms with van der Waals surface area (Å²) in [5, 5.41) is 31.7. The zero-order valence-corrected chi connectivity index (χ0v) is 32.1. The van der Waals surface area contributed by atoms with Crippen LogP contribution >= 0.6 is 45.9 Å². The minimum absolute atomic E-state index is 0.0803. The van der Waals surface area contributed by atoms with Gasteiger partial charge in [-0.05, 0) is 59.3 Å². The minimum Gasteiger partial charge on any atom is -0.477 e. The van der Waals surface area contributed by atoms with Gasteiger partial charge in [0, 0.05) is 83.6 Å². The van der Waals surface area contributed by atoms with Gasteiger partial charge >= 0.3 is 5.97 Å². The normalized spacial score (nSPS) is 11.1. The molecule has 0 aliphatic carbocycles. The van der Waals surface area contributed by atoms with Crippen LogP contribution in [-0.2, 0) is 19.1 Å². The SMILES string of the molecule is CN(C)c1ccc2cc(/C=C(\C#N)C(=O)NCCOCCCl)sc2c1.CN(C)c1ccc2cc(/C=C(\C#N)C(=O)O)sc2c1.NCCOCCCl. The molecule has 0 saturated carbocycles. The number of hydrogen-bond donors (Lipinski definition) is 3. The average Bonchev–Trinajstić information content (AvgIpc) is 3.72. The molecule has 2 aromatic heterocycles. The number of nitrogens with two attached hydrogens (primary N) is 1. The number of rotatable bonds is 15. The Balaban J connectivity index is 0.000000305. The third kappa shape index (κ3) is 14.9. The molecule has 0 aliphatic rings. The fourth-order valence-corrected chi connectivity index (χ4v) is 6.38. The number of anilines is 2. The molecule has 1 amide bonds. The number of halogens is 2. The number of benzene rings is 2. The molecule has 0 aliphatic heterocycles. The predicted octanol–water partition coefficient (Wildman–Crippen LogP) is 6.41. The minimum atomic E-state index is -1.20. The first kappa shape index (κ1) is 43.0. The van der Waals surface area contributed by atoms with E-state index in [0.29, 0.717) is 51.3 Å². The van der Waals surface area contributed by atoms with Gasteiger partial charge in [-0.1, -0.05) is 12.1 Å². The number of fused-ring (bicyclic) bond motifs is 2. The topological polar surface area (TPSA) is 165 Å². The molecule has 0 unspecified atom stereocenters. The lowest BCUT2D eigenvalue weighted by Gasteiger charge is -2.11. The number of ether oxygens (including phenoxy) is 2. The number of amides is 1. The molecule has 0 spiro atoms. The lowest BCUT2D eigenvalue weighted by atomic mass is 10.2. The van der Waals surface area contributed by atoms with Crippen LogP contribution in [-0.4, -0.2) is 96.5 Å². The molecular weight excluding hydrogens is 731 g/mol. The maximum Gasteiger partial charge on any atom is 0.346 e. The molecule has 51 heavy (non-hydrogen) atoms. The van der Waals surface area contributed by atoms with Crippen molar-refractivity contribution in [3.05, 3.63) is 69.4 Å². The first-order chi connectivity index (χ1) is 24.5. The largest absolute Gasteiger partial charge is 0.477 e. The van der Waals surface area contributed by atoms with E-state index in [2.05, 4.69) is 11.4 Å². The first-order valence-electron chi connectivity index (χ1n) is 15.6. The predicted molar refractivity (Wildman–Crippen MR) is 212 cm³/mol. The van der Waals surface area contributed by atoms with Crippen molar-refractivity contribution in [2.45, 2.75) is 0 Å². The number of alkyl halides is 2. The Bertz CT molecular complexity index is 1870. The van der Waals surface area contributed by atoms with Crippen LogP contribution in [0.25, 0.3) is 32.3 Å². The summed E-state index contributed by atoms with van der Waals surface area (Å²) in [5.41, 5.74) is 7.13. The lowest BCUT2D eigenvalue weighted by Crippen LogP contribution is -2.28. The highest BCUT2D eigenvalue weighted by Gasteiger charge is 2.11. The van der Waals surface area contributed by atoms with Crippen LogP contribution in [0.4, 0.5) is 11.4 Å². The number of nitrogens with zero attached hydrogens (tertiary/aromatic N) is 4. The van der Waals surface area contributed by atoms with Gasteiger partial charge in [0.1, 0.15) is 23.3 Å². The fourth-order valence-electron chi connectivity index (χ4n) is 4.08. The average molecular weight is 774 g/mol. The van der Waals surface area contributed by atoms with Gasteiger partial charge in [-0.3, -0.25) is 4.79 Å². The van der Waals surface area contributed by atoms with Gasteiger partial charge in [-0.2, -0.15) is 10.5 Å². The maximum atomic E-state index is 12.1. The van der Waals surface area contributed by atoms with Crippen molar-refractivity contribution in [3.63, 3.8) is 0 Å². The smallest absolute Gasteiger partial charge is 0.346 e. The quantitative estimate of drug-likeness (QED) is 0.0533. The van der Waals surface area contributed by atoms with Gasteiger partial charge in [0.25, 0.3) is 5.91 Å².